The van der Waals surface area contributed by atoms with E-state index in [1.54, 1.807) is 31.2 Å². The standard InChI is InChI=1S/C23H31N3O7/c1-5-32-22(29)20-17(13-33-19(28)12-24-18(27)11-6-14(2)3)25-23(30)26-21(20)15-7-9-16(31-4)10-8-15/h7-10,14,21H,5-6,11-13H2,1-4H3,(H,24,27)(H2,25,26,30). The normalized spacial score (nSPS) is 15.4. The van der Waals surface area contributed by atoms with Crippen LogP contribution in [0.5, 0.6) is 5.75 Å². The molecule has 0 aromatic heterocycles. The molecule has 1 atom stereocenters. The first kappa shape index (κ1) is 25.7. The number of rotatable bonds is 11. The van der Waals surface area contributed by atoms with Crippen molar-refractivity contribution >= 4 is 23.9 Å². The van der Waals surface area contributed by atoms with Crippen LogP contribution < -0.4 is 20.7 Å². The average molecular weight is 462 g/mol. The van der Waals surface area contributed by atoms with E-state index >= 15 is 0 Å². The fourth-order valence-corrected chi connectivity index (χ4v) is 3.11. The molecule has 0 saturated heterocycles. The smallest absolute Gasteiger partial charge is 0.338 e. The van der Waals surface area contributed by atoms with Gasteiger partial charge in [0.15, 0.2) is 0 Å². The molecule has 0 fully saturated rings. The van der Waals surface area contributed by atoms with E-state index in [1.165, 1.54) is 7.11 Å². The van der Waals surface area contributed by atoms with Gasteiger partial charge in [-0.05, 0) is 37.0 Å². The van der Waals surface area contributed by atoms with Crippen LogP contribution in [0.4, 0.5) is 4.79 Å². The molecule has 180 valence electrons. The Hall–Kier alpha value is -3.56. The van der Waals surface area contributed by atoms with Gasteiger partial charge in [0.1, 0.15) is 18.9 Å². The number of methoxy groups -OCH3 is 1. The van der Waals surface area contributed by atoms with Crippen molar-refractivity contribution in [3.63, 3.8) is 0 Å². The molecule has 0 saturated carbocycles. The molecule has 10 heteroatoms. The lowest BCUT2D eigenvalue weighted by molar-refractivity contribution is -0.143. The molecular formula is C23H31N3O7. The highest BCUT2D eigenvalue weighted by atomic mass is 16.5. The Morgan fingerprint density at radius 2 is 1.82 bits per heavy atom. The topological polar surface area (TPSA) is 132 Å². The minimum Gasteiger partial charge on any atom is -0.497 e. The third kappa shape index (κ3) is 7.81. The van der Waals surface area contributed by atoms with E-state index in [9.17, 15) is 19.2 Å². The Morgan fingerprint density at radius 1 is 1.12 bits per heavy atom. The van der Waals surface area contributed by atoms with Crippen molar-refractivity contribution < 1.29 is 33.4 Å². The van der Waals surface area contributed by atoms with Gasteiger partial charge < -0.3 is 30.2 Å². The molecule has 1 unspecified atom stereocenters. The summed E-state index contributed by atoms with van der Waals surface area (Å²) < 4.78 is 15.5. The second kappa shape index (κ2) is 12.5. The van der Waals surface area contributed by atoms with Crippen molar-refractivity contribution in [1.82, 2.24) is 16.0 Å². The van der Waals surface area contributed by atoms with E-state index in [-0.39, 0.29) is 36.9 Å². The molecule has 10 nitrogen and oxygen atoms in total. The van der Waals surface area contributed by atoms with Crippen molar-refractivity contribution in [2.75, 3.05) is 26.9 Å². The zero-order valence-corrected chi connectivity index (χ0v) is 19.4. The second-order valence-corrected chi connectivity index (χ2v) is 7.79. The number of esters is 2. The van der Waals surface area contributed by atoms with Crippen LogP contribution in [0, 0.1) is 5.92 Å². The van der Waals surface area contributed by atoms with Gasteiger partial charge in [-0.2, -0.15) is 0 Å². The molecule has 3 amide bonds. The van der Waals surface area contributed by atoms with Crippen LogP contribution >= 0.6 is 0 Å². The first-order chi connectivity index (χ1) is 15.7. The van der Waals surface area contributed by atoms with Gasteiger partial charge in [0.25, 0.3) is 0 Å². The van der Waals surface area contributed by atoms with Crippen LogP contribution in [0.15, 0.2) is 35.5 Å². The molecule has 0 spiro atoms. The molecule has 3 N–H and O–H groups in total. The minimum atomic E-state index is -0.812. The van der Waals surface area contributed by atoms with E-state index < -0.39 is 24.0 Å². The lowest BCUT2D eigenvalue weighted by Gasteiger charge is -2.29. The lowest BCUT2D eigenvalue weighted by atomic mass is 9.95. The molecule has 0 bridgehead atoms. The molecule has 1 aromatic rings. The quantitative estimate of drug-likeness (QED) is 0.429. The Bertz CT molecular complexity index is 894. The molecule has 33 heavy (non-hydrogen) atoms. The number of urea groups is 1. The van der Waals surface area contributed by atoms with Gasteiger partial charge in [-0.1, -0.05) is 26.0 Å². The summed E-state index contributed by atoms with van der Waals surface area (Å²) in [5.41, 5.74) is 0.850. The van der Waals surface area contributed by atoms with Gasteiger partial charge in [0.2, 0.25) is 5.91 Å². The van der Waals surface area contributed by atoms with Crippen LogP contribution in [0.1, 0.15) is 45.2 Å². The number of benzene rings is 1. The molecule has 1 aliphatic rings. The number of hydrogen-bond donors (Lipinski definition) is 3. The number of hydrogen-bond acceptors (Lipinski definition) is 7. The first-order valence-corrected chi connectivity index (χ1v) is 10.8. The Kier molecular flexibility index (Phi) is 9.71. The number of carbonyl (C=O) groups is 4. The molecule has 1 aromatic carbocycles. The third-order valence-corrected chi connectivity index (χ3v) is 4.85. The summed E-state index contributed by atoms with van der Waals surface area (Å²) in [4.78, 5) is 48.9. The van der Waals surface area contributed by atoms with E-state index in [1.807, 2.05) is 13.8 Å². The van der Waals surface area contributed by atoms with Crippen molar-refractivity contribution in [2.45, 2.75) is 39.7 Å². The van der Waals surface area contributed by atoms with Crippen LogP contribution in [-0.2, 0) is 23.9 Å². The molecule has 0 aliphatic carbocycles. The van der Waals surface area contributed by atoms with Gasteiger partial charge in [-0.25, -0.2) is 9.59 Å². The summed E-state index contributed by atoms with van der Waals surface area (Å²) in [6, 6.07) is 5.46. The SMILES string of the molecule is CCOC(=O)C1=C(COC(=O)CNC(=O)CCC(C)C)NC(=O)NC1c1ccc(OC)cc1. The van der Waals surface area contributed by atoms with Crippen LogP contribution in [0.3, 0.4) is 0 Å². The zero-order valence-electron chi connectivity index (χ0n) is 19.4. The average Bonchev–Trinajstić information content (AvgIpc) is 2.79. The monoisotopic (exact) mass is 461 g/mol. The minimum absolute atomic E-state index is 0.109. The summed E-state index contributed by atoms with van der Waals surface area (Å²) in [5, 5.41) is 7.72. The van der Waals surface area contributed by atoms with Crippen molar-refractivity contribution in [3.05, 3.63) is 41.1 Å². The van der Waals surface area contributed by atoms with Gasteiger partial charge in [-0.3, -0.25) is 9.59 Å². The van der Waals surface area contributed by atoms with E-state index in [4.69, 9.17) is 14.2 Å². The summed E-state index contributed by atoms with van der Waals surface area (Å²) >= 11 is 0. The summed E-state index contributed by atoms with van der Waals surface area (Å²) in [7, 11) is 1.53. The maximum absolute atomic E-state index is 12.7. The van der Waals surface area contributed by atoms with Gasteiger partial charge in [0, 0.05) is 6.42 Å². The maximum atomic E-state index is 12.7. The summed E-state index contributed by atoms with van der Waals surface area (Å²) in [6.07, 6.45) is 1.02. The third-order valence-electron chi connectivity index (χ3n) is 4.85. The Labute approximate surface area is 193 Å². The molecular weight excluding hydrogens is 430 g/mol. The number of amides is 3. The van der Waals surface area contributed by atoms with Crippen molar-refractivity contribution in [2.24, 2.45) is 5.92 Å². The van der Waals surface area contributed by atoms with Crippen molar-refractivity contribution in [3.8, 4) is 5.75 Å². The highest BCUT2D eigenvalue weighted by Crippen LogP contribution is 2.29. The molecule has 1 aliphatic heterocycles. The molecule has 0 radical (unpaired) electrons. The van der Waals surface area contributed by atoms with Gasteiger partial charge in [0.05, 0.1) is 31.0 Å². The summed E-state index contributed by atoms with van der Waals surface area (Å²) in [6.45, 7) is 5.12. The first-order valence-electron chi connectivity index (χ1n) is 10.8. The highest BCUT2D eigenvalue weighted by Gasteiger charge is 2.34. The van der Waals surface area contributed by atoms with Crippen molar-refractivity contribution in [1.29, 1.82) is 0 Å². The molecule has 1 heterocycles. The van der Waals surface area contributed by atoms with E-state index in [2.05, 4.69) is 16.0 Å². The van der Waals surface area contributed by atoms with Gasteiger partial charge >= 0.3 is 18.0 Å². The predicted octanol–water partition coefficient (Wildman–Crippen LogP) is 1.96. The number of ether oxygens (including phenoxy) is 3. The Balaban J connectivity index is 2.15. The van der Waals surface area contributed by atoms with Crippen LogP contribution in [0.25, 0.3) is 0 Å². The van der Waals surface area contributed by atoms with Gasteiger partial charge in [-0.15, -0.1) is 0 Å². The van der Waals surface area contributed by atoms with Crippen LogP contribution in [0.2, 0.25) is 0 Å². The fraction of sp³-hybridized carbons (Fsp3) is 0.478. The second-order valence-electron chi connectivity index (χ2n) is 7.79. The van der Waals surface area contributed by atoms with E-state index in [0.29, 0.717) is 30.1 Å². The maximum Gasteiger partial charge on any atom is 0.338 e. The predicted molar refractivity (Wildman–Crippen MR) is 119 cm³/mol. The Morgan fingerprint density at radius 3 is 2.42 bits per heavy atom. The zero-order chi connectivity index (χ0) is 24.4. The highest BCUT2D eigenvalue weighted by molar-refractivity contribution is 5.95. The number of nitrogens with one attached hydrogen (secondary N) is 3. The number of carbonyl (C=O) groups excluding carboxylic acids is 4. The van der Waals surface area contributed by atoms with E-state index in [0.717, 1.165) is 0 Å². The summed E-state index contributed by atoms with van der Waals surface area (Å²) in [5.74, 6) is -0.610. The largest absolute Gasteiger partial charge is 0.497 e. The fourth-order valence-electron chi connectivity index (χ4n) is 3.11. The lowest BCUT2D eigenvalue weighted by Crippen LogP contribution is -2.47. The van der Waals surface area contributed by atoms with Crippen LogP contribution in [-0.4, -0.2) is 50.7 Å². The molecule has 2 rings (SSSR count).